The molecule has 0 aromatic heterocycles. The van der Waals surface area contributed by atoms with Crippen molar-refractivity contribution in [1.29, 1.82) is 0 Å². The zero-order chi connectivity index (χ0) is 24.8. The van der Waals surface area contributed by atoms with E-state index in [2.05, 4.69) is 10.3 Å². The lowest BCUT2D eigenvalue weighted by atomic mass is 9.89. The molecule has 3 nitrogen and oxygen atoms in total. The summed E-state index contributed by atoms with van der Waals surface area (Å²) in [4.78, 5) is 17.0. The molecule has 0 unspecified atom stereocenters. The first-order chi connectivity index (χ1) is 15.2. The number of amides is 1. The molecule has 33 heavy (non-hydrogen) atoms. The number of hydrogen-bond acceptors (Lipinski definition) is 2. The molecule has 0 radical (unpaired) electrons. The summed E-state index contributed by atoms with van der Waals surface area (Å²) in [5.41, 5.74) is -4.16. The predicted molar refractivity (Wildman–Crippen MR) is 111 cm³/mol. The SMILES string of the molecule is CCc1cc(C(F)(C(F)(F)F)C(F)(F)F)cc(C)c1NC(=O)c1ccc2c(c1)CCC2=NC. The van der Waals surface area contributed by atoms with E-state index in [4.69, 9.17) is 0 Å². The lowest BCUT2D eigenvalue weighted by Crippen LogP contribution is -2.50. The monoisotopic (exact) mass is 474 g/mol. The Hall–Kier alpha value is -2.91. The molecule has 2 aromatic rings. The second-order valence-corrected chi connectivity index (χ2v) is 7.83. The summed E-state index contributed by atoms with van der Waals surface area (Å²) in [6.45, 7) is 2.70. The van der Waals surface area contributed by atoms with E-state index in [9.17, 15) is 35.5 Å². The Labute approximate surface area is 185 Å². The number of anilines is 1. The highest BCUT2D eigenvalue weighted by molar-refractivity contribution is 6.08. The lowest BCUT2D eigenvalue weighted by Gasteiger charge is -2.31. The molecule has 0 saturated carbocycles. The second-order valence-electron chi connectivity index (χ2n) is 7.83. The van der Waals surface area contributed by atoms with E-state index in [1.807, 2.05) is 0 Å². The number of halogens is 7. The van der Waals surface area contributed by atoms with Crippen LogP contribution in [0, 0.1) is 6.92 Å². The maximum Gasteiger partial charge on any atom is 0.435 e. The molecular weight excluding hydrogens is 453 g/mol. The van der Waals surface area contributed by atoms with Gasteiger partial charge in [0, 0.05) is 29.6 Å². The number of carbonyl (C=O) groups excluding carboxylic acids is 1. The van der Waals surface area contributed by atoms with Crippen molar-refractivity contribution in [3.8, 4) is 0 Å². The van der Waals surface area contributed by atoms with Crippen molar-refractivity contribution in [2.24, 2.45) is 4.99 Å². The fourth-order valence-corrected chi connectivity index (χ4v) is 4.03. The van der Waals surface area contributed by atoms with Crippen LogP contribution in [0.1, 0.15) is 51.5 Å². The van der Waals surface area contributed by atoms with Crippen molar-refractivity contribution in [1.82, 2.24) is 0 Å². The van der Waals surface area contributed by atoms with Gasteiger partial charge in [-0.1, -0.05) is 19.1 Å². The summed E-state index contributed by atoms with van der Waals surface area (Å²) in [6.07, 6.45) is -11.0. The van der Waals surface area contributed by atoms with E-state index < -0.39 is 29.5 Å². The Morgan fingerprint density at radius 1 is 1.00 bits per heavy atom. The highest BCUT2D eigenvalue weighted by atomic mass is 19.4. The standard InChI is InChI=1S/C23H21F7N2O/c1-4-13-11-16(21(24,22(25,26)27)23(28,29)30)9-12(2)19(13)32-20(33)15-5-7-17-14(10-15)6-8-18(17)31-3/h5,7,9-11H,4,6,8H2,1-3H3,(H,32,33). The van der Waals surface area contributed by atoms with Crippen LogP contribution in [0.2, 0.25) is 0 Å². The molecule has 10 heteroatoms. The summed E-state index contributed by atoms with van der Waals surface area (Å²) in [5.74, 6) is -0.580. The van der Waals surface area contributed by atoms with Gasteiger partial charge in [0.25, 0.3) is 5.91 Å². The zero-order valence-corrected chi connectivity index (χ0v) is 18.0. The Balaban J connectivity index is 2.00. The lowest BCUT2D eigenvalue weighted by molar-refractivity contribution is -0.348. The average Bonchev–Trinajstić information content (AvgIpc) is 3.14. The molecule has 0 atom stereocenters. The number of hydrogen-bond donors (Lipinski definition) is 1. The van der Waals surface area contributed by atoms with E-state index in [0.717, 1.165) is 23.3 Å². The minimum Gasteiger partial charge on any atom is -0.321 e. The Kier molecular flexibility index (Phi) is 6.34. The van der Waals surface area contributed by atoms with Crippen molar-refractivity contribution >= 4 is 17.3 Å². The van der Waals surface area contributed by atoms with Gasteiger partial charge in [0.1, 0.15) is 0 Å². The van der Waals surface area contributed by atoms with Gasteiger partial charge in [-0.2, -0.15) is 26.3 Å². The van der Waals surface area contributed by atoms with Crippen molar-refractivity contribution in [2.75, 3.05) is 12.4 Å². The molecule has 0 aliphatic heterocycles. The largest absolute Gasteiger partial charge is 0.435 e. The van der Waals surface area contributed by atoms with Crippen LogP contribution < -0.4 is 5.32 Å². The Morgan fingerprint density at radius 2 is 1.64 bits per heavy atom. The molecule has 0 heterocycles. The Bertz CT molecular complexity index is 1100. The third-order valence-corrected chi connectivity index (χ3v) is 5.80. The quantitative estimate of drug-likeness (QED) is 0.508. The third kappa shape index (κ3) is 4.22. The molecule has 1 N–H and O–H groups in total. The summed E-state index contributed by atoms with van der Waals surface area (Å²) in [6, 6.07) is 5.98. The molecule has 0 fully saturated rings. The molecule has 0 bridgehead atoms. The van der Waals surface area contributed by atoms with E-state index >= 15 is 0 Å². The predicted octanol–water partition coefficient (Wildman–Crippen LogP) is 6.46. The summed E-state index contributed by atoms with van der Waals surface area (Å²) in [5, 5.41) is 2.56. The van der Waals surface area contributed by atoms with E-state index in [-0.39, 0.29) is 28.8 Å². The maximum atomic E-state index is 14.5. The number of rotatable bonds is 4. The fraction of sp³-hybridized carbons (Fsp3) is 0.391. The van der Waals surface area contributed by atoms with Gasteiger partial charge in [0.15, 0.2) is 0 Å². The van der Waals surface area contributed by atoms with Gasteiger partial charge >= 0.3 is 18.0 Å². The second kappa shape index (κ2) is 8.46. The molecular formula is C23H21F7N2O. The fourth-order valence-electron chi connectivity index (χ4n) is 4.03. The molecule has 0 spiro atoms. The topological polar surface area (TPSA) is 41.5 Å². The van der Waals surface area contributed by atoms with Crippen LogP contribution in [0.4, 0.5) is 36.4 Å². The molecule has 0 saturated heterocycles. The number of benzene rings is 2. The molecule has 1 aliphatic carbocycles. The summed E-state index contributed by atoms with van der Waals surface area (Å²) >= 11 is 0. The highest BCUT2D eigenvalue weighted by Crippen LogP contribution is 2.53. The molecule has 2 aromatic carbocycles. The van der Waals surface area contributed by atoms with Crippen LogP contribution in [0.5, 0.6) is 0 Å². The normalized spacial score (nSPS) is 15.6. The molecule has 178 valence electrons. The number of nitrogens with zero attached hydrogens (tertiary/aromatic N) is 1. The van der Waals surface area contributed by atoms with E-state index in [1.54, 1.807) is 25.2 Å². The van der Waals surface area contributed by atoms with Crippen molar-refractivity contribution in [2.45, 2.75) is 51.1 Å². The number of alkyl halides is 7. The van der Waals surface area contributed by atoms with Gasteiger partial charge in [-0.3, -0.25) is 9.79 Å². The van der Waals surface area contributed by atoms with Gasteiger partial charge in [0.05, 0.1) is 0 Å². The molecule has 1 amide bonds. The first kappa shape index (κ1) is 24.7. The van der Waals surface area contributed by atoms with Gasteiger partial charge in [-0.05, 0) is 66.6 Å². The Morgan fingerprint density at radius 3 is 2.18 bits per heavy atom. The number of nitrogens with one attached hydrogen (secondary N) is 1. The van der Waals surface area contributed by atoms with E-state index in [0.29, 0.717) is 18.6 Å². The van der Waals surface area contributed by atoms with Crippen LogP contribution in [-0.2, 0) is 18.5 Å². The van der Waals surface area contributed by atoms with Gasteiger partial charge in [-0.25, -0.2) is 4.39 Å². The zero-order valence-electron chi connectivity index (χ0n) is 18.0. The molecule has 3 rings (SSSR count). The third-order valence-electron chi connectivity index (χ3n) is 5.80. The minimum absolute atomic E-state index is 0.0312. The van der Waals surface area contributed by atoms with Crippen molar-refractivity contribution in [3.63, 3.8) is 0 Å². The number of carbonyl (C=O) groups is 1. The van der Waals surface area contributed by atoms with Crippen LogP contribution >= 0.6 is 0 Å². The van der Waals surface area contributed by atoms with Gasteiger partial charge in [0.2, 0.25) is 0 Å². The van der Waals surface area contributed by atoms with Crippen LogP contribution in [0.15, 0.2) is 35.3 Å². The average molecular weight is 474 g/mol. The molecule has 1 aliphatic rings. The summed E-state index contributed by atoms with van der Waals surface area (Å²) in [7, 11) is 1.67. The highest BCUT2D eigenvalue weighted by Gasteiger charge is 2.73. The van der Waals surface area contributed by atoms with Gasteiger partial charge in [-0.15, -0.1) is 0 Å². The maximum absolute atomic E-state index is 14.5. The number of aliphatic imine (C=N–C) groups is 1. The van der Waals surface area contributed by atoms with Crippen LogP contribution in [-0.4, -0.2) is 31.0 Å². The minimum atomic E-state index is -6.21. The van der Waals surface area contributed by atoms with Crippen LogP contribution in [0.25, 0.3) is 0 Å². The van der Waals surface area contributed by atoms with Crippen LogP contribution in [0.3, 0.4) is 0 Å². The van der Waals surface area contributed by atoms with E-state index in [1.165, 1.54) is 13.8 Å². The van der Waals surface area contributed by atoms with Crippen molar-refractivity contribution < 1.29 is 35.5 Å². The van der Waals surface area contributed by atoms with Gasteiger partial charge < -0.3 is 5.32 Å². The first-order valence-electron chi connectivity index (χ1n) is 10.1. The van der Waals surface area contributed by atoms with Crippen molar-refractivity contribution in [3.05, 3.63) is 63.7 Å². The summed E-state index contributed by atoms with van der Waals surface area (Å²) < 4.78 is 93.6. The first-order valence-corrected chi connectivity index (χ1v) is 10.1. The smallest absolute Gasteiger partial charge is 0.321 e. The number of aryl methyl sites for hydroxylation is 3. The number of fused-ring (bicyclic) bond motifs is 1.